The van der Waals surface area contributed by atoms with Gasteiger partial charge in [0.15, 0.2) is 0 Å². The minimum atomic E-state index is -0.203. The Labute approximate surface area is 126 Å². The van der Waals surface area contributed by atoms with Crippen LogP contribution in [0.25, 0.3) is 0 Å². The molecule has 0 amide bonds. The van der Waals surface area contributed by atoms with Crippen LogP contribution >= 0.6 is 15.9 Å². The van der Waals surface area contributed by atoms with Gasteiger partial charge in [-0.05, 0) is 31.2 Å². The predicted molar refractivity (Wildman–Crippen MR) is 79.8 cm³/mol. The van der Waals surface area contributed by atoms with Crippen molar-refractivity contribution >= 4 is 15.9 Å². The molecule has 1 unspecified atom stereocenters. The molecule has 0 aliphatic carbocycles. The van der Waals surface area contributed by atoms with Crippen molar-refractivity contribution < 1.29 is 4.39 Å². The van der Waals surface area contributed by atoms with Crippen molar-refractivity contribution in [1.29, 1.82) is 0 Å². The molecule has 2 rings (SSSR count). The van der Waals surface area contributed by atoms with Crippen molar-refractivity contribution in [3.63, 3.8) is 0 Å². The first-order valence-corrected chi connectivity index (χ1v) is 7.43. The molecule has 1 heterocycles. The number of aromatic nitrogens is 3. The summed E-state index contributed by atoms with van der Waals surface area (Å²) < 4.78 is 16.6. The van der Waals surface area contributed by atoms with Crippen LogP contribution in [0.2, 0.25) is 0 Å². The predicted octanol–water partition coefficient (Wildman–Crippen LogP) is 3.00. The Hall–Kier alpha value is -1.27. The van der Waals surface area contributed by atoms with E-state index in [9.17, 15) is 4.39 Å². The van der Waals surface area contributed by atoms with Crippen molar-refractivity contribution in [1.82, 2.24) is 20.3 Å². The van der Waals surface area contributed by atoms with E-state index in [0.717, 1.165) is 23.1 Å². The zero-order valence-electron chi connectivity index (χ0n) is 11.6. The summed E-state index contributed by atoms with van der Waals surface area (Å²) in [5, 5.41) is 11.4. The summed E-state index contributed by atoms with van der Waals surface area (Å²) in [6.07, 6.45) is 3.46. The molecule has 1 atom stereocenters. The van der Waals surface area contributed by atoms with Gasteiger partial charge < -0.3 is 5.32 Å². The van der Waals surface area contributed by atoms with E-state index in [-0.39, 0.29) is 11.9 Å². The van der Waals surface area contributed by atoms with E-state index in [2.05, 4.69) is 38.5 Å². The molecular weight excluding hydrogens is 323 g/mol. The van der Waals surface area contributed by atoms with Crippen LogP contribution in [-0.2, 0) is 13.5 Å². The molecule has 0 spiro atoms. The molecule has 2 aromatic rings. The summed E-state index contributed by atoms with van der Waals surface area (Å²) >= 11 is 3.40. The molecule has 4 nitrogen and oxygen atoms in total. The summed E-state index contributed by atoms with van der Waals surface area (Å²) in [6.45, 7) is 2.92. The van der Waals surface area contributed by atoms with Gasteiger partial charge in [-0.1, -0.05) is 28.1 Å². The standard InChI is InChI=1S/C14H18BrFN4/c1-3-6-17-14(8-11-9-20(2)19-18-11)12-7-10(15)4-5-13(12)16/h4-5,7,9,14,17H,3,6,8H2,1-2H3. The third kappa shape index (κ3) is 3.86. The monoisotopic (exact) mass is 340 g/mol. The first-order chi connectivity index (χ1) is 9.60. The SMILES string of the molecule is CCCNC(Cc1cn(C)nn1)c1cc(Br)ccc1F. The molecule has 0 radical (unpaired) electrons. The van der Waals surface area contributed by atoms with E-state index in [1.807, 2.05) is 19.3 Å². The molecule has 108 valence electrons. The fourth-order valence-electron chi connectivity index (χ4n) is 2.09. The highest BCUT2D eigenvalue weighted by atomic mass is 79.9. The number of aryl methyl sites for hydroxylation is 1. The van der Waals surface area contributed by atoms with Crippen molar-refractivity contribution in [2.24, 2.45) is 7.05 Å². The number of hydrogen-bond donors (Lipinski definition) is 1. The Balaban J connectivity index is 2.24. The Morgan fingerprint density at radius 1 is 1.45 bits per heavy atom. The van der Waals surface area contributed by atoms with Gasteiger partial charge in [-0.25, -0.2) is 4.39 Å². The third-order valence-corrected chi connectivity index (χ3v) is 3.53. The van der Waals surface area contributed by atoms with Gasteiger partial charge in [0.1, 0.15) is 5.82 Å². The van der Waals surface area contributed by atoms with Crippen molar-refractivity contribution in [2.45, 2.75) is 25.8 Å². The lowest BCUT2D eigenvalue weighted by Crippen LogP contribution is -2.25. The number of rotatable bonds is 6. The van der Waals surface area contributed by atoms with E-state index in [1.54, 1.807) is 10.7 Å². The van der Waals surface area contributed by atoms with E-state index in [4.69, 9.17) is 0 Å². The summed E-state index contributed by atoms with van der Waals surface area (Å²) in [5.41, 5.74) is 1.50. The highest BCUT2D eigenvalue weighted by molar-refractivity contribution is 9.10. The Morgan fingerprint density at radius 2 is 2.25 bits per heavy atom. The first-order valence-electron chi connectivity index (χ1n) is 6.63. The fourth-order valence-corrected chi connectivity index (χ4v) is 2.47. The molecule has 0 saturated carbocycles. The van der Waals surface area contributed by atoms with Gasteiger partial charge in [0, 0.05) is 35.7 Å². The van der Waals surface area contributed by atoms with Crippen LogP contribution in [0.4, 0.5) is 4.39 Å². The van der Waals surface area contributed by atoms with Crippen molar-refractivity contribution in [2.75, 3.05) is 6.54 Å². The third-order valence-electron chi connectivity index (χ3n) is 3.04. The van der Waals surface area contributed by atoms with Crippen LogP contribution in [0, 0.1) is 5.82 Å². The van der Waals surface area contributed by atoms with Crippen LogP contribution in [0.15, 0.2) is 28.9 Å². The number of halogens is 2. The summed E-state index contributed by atoms with van der Waals surface area (Å²) in [5.74, 6) is -0.203. The topological polar surface area (TPSA) is 42.7 Å². The second-order valence-corrected chi connectivity index (χ2v) is 5.68. The Kier molecular flexibility index (Phi) is 5.25. The average molecular weight is 341 g/mol. The maximum absolute atomic E-state index is 14.1. The molecule has 1 N–H and O–H groups in total. The van der Waals surface area contributed by atoms with Gasteiger partial charge in [0.25, 0.3) is 0 Å². The number of nitrogens with zero attached hydrogens (tertiary/aromatic N) is 3. The van der Waals surface area contributed by atoms with E-state index in [1.165, 1.54) is 6.07 Å². The lowest BCUT2D eigenvalue weighted by molar-refractivity contribution is 0.493. The number of nitrogens with one attached hydrogen (secondary N) is 1. The quantitative estimate of drug-likeness (QED) is 0.878. The second-order valence-electron chi connectivity index (χ2n) is 4.76. The first kappa shape index (κ1) is 15.1. The van der Waals surface area contributed by atoms with Gasteiger partial charge in [0.2, 0.25) is 0 Å². The van der Waals surface area contributed by atoms with E-state index < -0.39 is 0 Å². The van der Waals surface area contributed by atoms with Gasteiger partial charge >= 0.3 is 0 Å². The molecule has 0 bridgehead atoms. The van der Waals surface area contributed by atoms with E-state index in [0.29, 0.717) is 12.0 Å². The number of benzene rings is 1. The molecule has 6 heteroatoms. The summed E-state index contributed by atoms with van der Waals surface area (Å²) in [6, 6.07) is 4.90. The molecule has 0 aliphatic rings. The van der Waals surface area contributed by atoms with Gasteiger partial charge in [-0.3, -0.25) is 4.68 Å². The molecule has 0 aliphatic heterocycles. The van der Waals surface area contributed by atoms with Crippen LogP contribution in [-0.4, -0.2) is 21.5 Å². The second kappa shape index (κ2) is 6.95. The zero-order chi connectivity index (χ0) is 14.5. The van der Waals surface area contributed by atoms with Crippen LogP contribution in [0.1, 0.15) is 30.6 Å². The number of hydrogen-bond acceptors (Lipinski definition) is 3. The maximum atomic E-state index is 14.1. The molecule has 20 heavy (non-hydrogen) atoms. The normalized spacial score (nSPS) is 12.6. The van der Waals surface area contributed by atoms with Gasteiger partial charge in [-0.15, -0.1) is 5.10 Å². The summed E-state index contributed by atoms with van der Waals surface area (Å²) in [7, 11) is 1.82. The zero-order valence-corrected chi connectivity index (χ0v) is 13.2. The molecule has 0 saturated heterocycles. The Bertz CT molecular complexity index is 570. The molecule has 1 aromatic carbocycles. The van der Waals surface area contributed by atoms with Crippen molar-refractivity contribution in [3.05, 3.63) is 45.9 Å². The van der Waals surface area contributed by atoms with E-state index >= 15 is 0 Å². The highest BCUT2D eigenvalue weighted by Crippen LogP contribution is 2.24. The van der Waals surface area contributed by atoms with Gasteiger partial charge in [-0.2, -0.15) is 0 Å². The van der Waals surface area contributed by atoms with Crippen LogP contribution < -0.4 is 5.32 Å². The minimum Gasteiger partial charge on any atom is -0.310 e. The minimum absolute atomic E-state index is 0.107. The highest BCUT2D eigenvalue weighted by Gasteiger charge is 2.17. The lowest BCUT2D eigenvalue weighted by Gasteiger charge is -2.19. The lowest BCUT2D eigenvalue weighted by atomic mass is 10.0. The molecule has 1 aromatic heterocycles. The maximum Gasteiger partial charge on any atom is 0.128 e. The fraction of sp³-hybridized carbons (Fsp3) is 0.429. The van der Waals surface area contributed by atoms with Crippen LogP contribution in [0.5, 0.6) is 0 Å². The molecule has 0 fully saturated rings. The summed E-state index contributed by atoms with van der Waals surface area (Å²) in [4.78, 5) is 0. The largest absolute Gasteiger partial charge is 0.310 e. The van der Waals surface area contributed by atoms with Gasteiger partial charge in [0.05, 0.1) is 5.69 Å². The van der Waals surface area contributed by atoms with Crippen molar-refractivity contribution in [3.8, 4) is 0 Å². The average Bonchev–Trinajstić information content (AvgIpc) is 2.83. The molecular formula is C14H18BrFN4. The smallest absolute Gasteiger partial charge is 0.128 e. The Morgan fingerprint density at radius 3 is 2.90 bits per heavy atom. The van der Waals surface area contributed by atoms with Crippen LogP contribution in [0.3, 0.4) is 0 Å².